The number of aliphatic imine (C=N–C) groups is 2. The molecule has 0 atom stereocenters. The number of para-hydroxylation sites is 1. The van der Waals surface area contributed by atoms with Crippen LogP contribution >= 0.6 is 0 Å². The number of guanidine groups is 1. The maximum absolute atomic E-state index is 12.5. The normalized spacial score (nSPS) is 17.8. The summed E-state index contributed by atoms with van der Waals surface area (Å²) in [6, 6.07) is 21.4. The van der Waals surface area contributed by atoms with E-state index in [-0.39, 0.29) is 11.6 Å². The highest BCUT2D eigenvalue weighted by Crippen LogP contribution is 2.29. The van der Waals surface area contributed by atoms with Crippen molar-refractivity contribution in [2.45, 2.75) is 0 Å². The maximum Gasteiger partial charge on any atom is 0.365 e. The number of methoxy groups -OCH3 is 1. The van der Waals surface area contributed by atoms with Crippen LogP contribution in [0.1, 0.15) is 5.56 Å². The van der Waals surface area contributed by atoms with E-state index < -0.39 is 5.97 Å². The number of carbonyl (C=O) groups excluding carboxylic acids is 1. The minimum atomic E-state index is -0.474. The van der Waals surface area contributed by atoms with Gasteiger partial charge in [-0.1, -0.05) is 42.5 Å². The minimum absolute atomic E-state index is 0.247. The summed E-state index contributed by atoms with van der Waals surface area (Å²) >= 11 is 0. The number of nitrogens with two attached hydrogens (primary N) is 1. The summed E-state index contributed by atoms with van der Waals surface area (Å²) < 4.78 is 11.0. The highest BCUT2D eigenvalue weighted by atomic mass is 16.6. The average Bonchev–Trinajstić information content (AvgIpc) is 3.24. The average molecular weight is 456 g/mol. The number of esters is 1. The lowest BCUT2D eigenvalue weighted by Gasteiger charge is -2.34. The molecular weight excluding hydrogens is 430 g/mol. The molecular formula is C26H25N5O3. The molecule has 34 heavy (non-hydrogen) atoms. The molecule has 0 aliphatic carbocycles. The molecule has 5 rings (SSSR count). The molecule has 2 N–H and O–H groups in total. The molecule has 1 fully saturated rings. The zero-order valence-electron chi connectivity index (χ0n) is 18.8. The lowest BCUT2D eigenvalue weighted by molar-refractivity contribution is -0.130. The highest BCUT2D eigenvalue weighted by Gasteiger charge is 2.28. The fourth-order valence-corrected chi connectivity index (χ4v) is 4.03. The molecule has 8 heteroatoms. The molecule has 0 bridgehead atoms. The van der Waals surface area contributed by atoms with Crippen molar-refractivity contribution in [1.29, 1.82) is 0 Å². The van der Waals surface area contributed by atoms with Gasteiger partial charge in [0.1, 0.15) is 5.75 Å². The molecule has 0 amide bonds. The predicted octanol–water partition coefficient (Wildman–Crippen LogP) is 3.26. The first-order valence-electron chi connectivity index (χ1n) is 11.1. The summed E-state index contributed by atoms with van der Waals surface area (Å²) in [6.45, 7) is 2.75. The zero-order valence-corrected chi connectivity index (χ0v) is 18.8. The van der Waals surface area contributed by atoms with Crippen molar-refractivity contribution in [1.82, 2.24) is 9.80 Å². The number of cyclic esters (lactones) is 1. The number of hydrogen-bond donors (Lipinski definition) is 1. The van der Waals surface area contributed by atoms with Gasteiger partial charge < -0.3 is 25.0 Å². The van der Waals surface area contributed by atoms with Gasteiger partial charge in [-0.05, 0) is 35.0 Å². The lowest BCUT2D eigenvalue weighted by Crippen LogP contribution is -2.49. The molecule has 2 aliphatic heterocycles. The van der Waals surface area contributed by atoms with Gasteiger partial charge in [0.2, 0.25) is 5.90 Å². The van der Waals surface area contributed by atoms with Crippen molar-refractivity contribution in [3.8, 4) is 5.75 Å². The van der Waals surface area contributed by atoms with E-state index in [0.717, 1.165) is 16.5 Å². The van der Waals surface area contributed by atoms with Gasteiger partial charge in [0.25, 0.3) is 0 Å². The Balaban J connectivity index is 1.31. The van der Waals surface area contributed by atoms with Gasteiger partial charge in [-0.3, -0.25) is 0 Å². The summed E-state index contributed by atoms with van der Waals surface area (Å²) in [7, 11) is 1.59. The van der Waals surface area contributed by atoms with Crippen LogP contribution in [0.3, 0.4) is 0 Å². The third-order valence-corrected chi connectivity index (χ3v) is 5.86. The van der Waals surface area contributed by atoms with Gasteiger partial charge in [0, 0.05) is 32.4 Å². The molecule has 0 saturated carbocycles. The summed E-state index contributed by atoms with van der Waals surface area (Å²) in [4.78, 5) is 25.6. The first kappa shape index (κ1) is 21.5. The van der Waals surface area contributed by atoms with Gasteiger partial charge in [-0.15, -0.1) is 0 Å². The highest BCUT2D eigenvalue weighted by molar-refractivity contribution is 6.13. The number of benzene rings is 3. The molecule has 2 aliphatic rings. The first-order valence-corrected chi connectivity index (χ1v) is 11.1. The Morgan fingerprint density at radius 2 is 1.71 bits per heavy atom. The second kappa shape index (κ2) is 9.27. The van der Waals surface area contributed by atoms with Crippen LogP contribution in [-0.2, 0) is 9.53 Å². The molecule has 3 aromatic carbocycles. The van der Waals surface area contributed by atoms with Crippen LogP contribution in [0.15, 0.2) is 88.6 Å². The van der Waals surface area contributed by atoms with Gasteiger partial charge >= 0.3 is 5.97 Å². The van der Waals surface area contributed by atoms with E-state index in [0.29, 0.717) is 43.5 Å². The lowest BCUT2D eigenvalue weighted by atomic mass is 10.1. The van der Waals surface area contributed by atoms with Crippen molar-refractivity contribution in [2.24, 2.45) is 15.7 Å². The quantitative estimate of drug-likeness (QED) is 0.281. The molecule has 0 aromatic heterocycles. The largest absolute Gasteiger partial charge is 0.496 e. The summed E-state index contributed by atoms with van der Waals surface area (Å²) in [5.74, 6) is 0.866. The third kappa shape index (κ3) is 4.43. The Bertz CT molecular complexity index is 1310. The van der Waals surface area contributed by atoms with E-state index in [1.807, 2.05) is 76.5 Å². The molecule has 0 spiro atoms. The fraction of sp³-hybridized carbons (Fsp3) is 0.192. The van der Waals surface area contributed by atoms with E-state index in [2.05, 4.69) is 9.98 Å². The predicted molar refractivity (Wildman–Crippen MR) is 132 cm³/mol. The van der Waals surface area contributed by atoms with E-state index in [9.17, 15) is 4.79 Å². The van der Waals surface area contributed by atoms with E-state index in [1.54, 1.807) is 13.3 Å². The van der Waals surface area contributed by atoms with Gasteiger partial charge in [0.05, 0.1) is 18.4 Å². The summed E-state index contributed by atoms with van der Waals surface area (Å²) in [6.07, 6.45) is 1.75. The molecule has 172 valence electrons. The number of piperazine rings is 1. The van der Waals surface area contributed by atoms with Crippen LogP contribution in [0.25, 0.3) is 10.8 Å². The number of ether oxygens (including phenoxy) is 2. The molecule has 0 radical (unpaired) electrons. The Kier molecular flexibility index (Phi) is 5.86. The monoisotopic (exact) mass is 455 g/mol. The standard InChI is InChI=1S/C26H25N5O3/c1-33-23-16-19-8-6-5-7-18(19)15-21(23)24-29-22(25(32)34-24)17-30-11-13-31(14-12-30)26(27)28-20-9-3-2-4-10-20/h2-10,15-17H,11-14H2,1H3,(H2,27,28). The number of hydrogen-bond acceptors (Lipinski definition) is 6. The summed E-state index contributed by atoms with van der Waals surface area (Å²) in [5.41, 5.74) is 7.93. The molecule has 2 heterocycles. The SMILES string of the molecule is COc1cc2ccccc2cc1C1=NC(=CN2CCN(C(N)=Nc3ccccc3)CC2)C(=O)O1. The molecule has 0 unspecified atom stereocenters. The number of fused-ring (bicyclic) bond motifs is 1. The Morgan fingerprint density at radius 3 is 2.41 bits per heavy atom. The van der Waals surface area contributed by atoms with Crippen LogP contribution in [0, 0.1) is 0 Å². The van der Waals surface area contributed by atoms with Gasteiger partial charge in [-0.2, -0.15) is 0 Å². The Labute approximate surface area is 197 Å². The van der Waals surface area contributed by atoms with Crippen molar-refractivity contribution >= 4 is 34.3 Å². The minimum Gasteiger partial charge on any atom is -0.496 e. The Hall–Kier alpha value is -4.33. The second-order valence-electron chi connectivity index (χ2n) is 8.05. The Morgan fingerprint density at radius 1 is 1.03 bits per heavy atom. The van der Waals surface area contributed by atoms with Gasteiger partial charge in [0.15, 0.2) is 11.7 Å². The second-order valence-corrected chi connectivity index (χ2v) is 8.05. The van der Waals surface area contributed by atoms with Crippen molar-refractivity contribution in [3.05, 3.63) is 84.2 Å². The van der Waals surface area contributed by atoms with Crippen LogP contribution in [-0.4, -0.2) is 60.9 Å². The third-order valence-electron chi connectivity index (χ3n) is 5.86. The molecule has 3 aromatic rings. The van der Waals surface area contributed by atoms with Crippen molar-refractivity contribution < 1.29 is 14.3 Å². The number of rotatable bonds is 4. The van der Waals surface area contributed by atoms with Crippen LogP contribution in [0.2, 0.25) is 0 Å². The summed E-state index contributed by atoms with van der Waals surface area (Å²) in [5, 5.41) is 2.05. The van der Waals surface area contributed by atoms with Crippen LogP contribution < -0.4 is 10.5 Å². The number of nitrogens with zero attached hydrogens (tertiary/aromatic N) is 4. The molecule has 1 saturated heterocycles. The van der Waals surface area contributed by atoms with Crippen LogP contribution in [0.4, 0.5) is 5.69 Å². The van der Waals surface area contributed by atoms with Crippen molar-refractivity contribution in [3.63, 3.8) is 0 Å². The zero-order chi connectivity index (χ0) is 23.5. The topological polar surface area (TPSA) is 92.8 Å². The maximum atomic E-state index is 12.5. The molecule has 8 nitrogen and oxygen atoms in total. The van der Waals surface area contributed by atoms with E-state index >= 15 is 0 Å². The van der Waals surface area contributed by atoms with Crippen LogP contribution in [0.5, 0.6) is 5.75 Å². The van der Waals surface area contributed by atoms with Crippen molar-refractivity contribution in [2.75, 3.05) is 33.3 Å². The smallest absolute Gasteiger partial charge is 0.365 e. The van der Waals surface area contributed by atoms with Gasteiger partial charge in [-0.25, -0.2) is 14.8 Å². The first-order chi connectivity index (χ1) is 16.6. The van der Waals surface area contributed by atoms with E-state index in [4.69, 9.17) is 15.2 Å². The fourth-order valence-electron chi connectivity index (χ4n) is 4.03. The number of carbonyl (C=O) groups is 1. The van der Waals surface area contributed by atoms with E-state index in [1.165, 1.54) is 0 Å².